The van der Waals surface area contributed by atoms with Crippen LogP contribution >= 0.6 is 0 Å². The molecule has 1 N–H and O–H groups in total. The molecule has 6 nitrogen and oxygen atoms in total. The summed E-state index contributed by atoms with van der Waals surface area (Å²) in [5.74, 6) is 0.0675. The van der Waals surface area contributed by atoms with Gasteiger partial charge < -0.3 is 24.2 Å². The van der Waals surface area contributed by atoms with E-state index in [1.165, 1.54) is 22.3 Å². The lowest BCUT2D eigenvalue weighted by atomic mass is 9.91. The molecule has 0 aromatic heterocycles. The normalized spacial score (nSPS) is 22.6. The molecule has 3 aliphatic rings. The first-order chi connectivity index (χ1) is 14.7. The van der Waals surface area contributed by atoms with Crippen LogP contribution in [0.5, 0.6) is 0 Å². The van der Waals surface area contributed by atoms with Crippen LogP contribution in [0.1, 0.15) is 29.9 Å². The number of hydrogen-bond acceptors (Lipinski definition) is 5. The van der Waals surface area contributed by atoms with Gasteiger partial charge >= 0.3 is 6.09 Å². The van der Waals surface area contributed by atoms with Gasteiger partial charge in [-0.25, -0.2) is 4.79 Å². The van der Waals surface area contributed by atoms with E-state index in [2.05, 4.69) is 24.3 Å². The van der Waals surface area contributed by atoms with Gasteiger partial charge in [-0.05, 0) is 35.1 Å². The Labute approximate surface area is 176 Å². The van der Waals surface area contributed by atoms with Gasteiger partial charge in [-0.15, -0.1) is 0 Å². The second-order valence-corrected chi connectivity index (χ2v) is 8.41. The van der Waals surface area contributed by atoms with Crippen molar-refractivity contribution in [3.05, 3.63) is 59.7 Å². The fourth-order valence-corrected chi connectivity index (χ4v) is 4.93. The zero-order valence-electron chi connectivity index (χ0n) is 17.0. The number of hydrogen-bond donors (Lipinski definition) is 1. The molecule has 1 aliphatic carbocycles. The summed E-state index contributed by atoms with van der Waals surface area (Å²) in [4.78, 5) is 14.5. The number of aliphatic hydroxyl groups is 1. The topological polar surface area (TPSA) is 68.2 Å². The number of rotatable bonds is 3. The van der Waals surface area contributed by atoms with Gasteiger partial charge in [0, 0.05) is 19.0 Å². The van der Waals surface area contributed by atoms with E-state index in [0.29, 0.717) is 45.8 Å². The monoisotopic (exact) mass is 409 g/mol. The van der Waals surface area contributed by atoms with E-state index in [0.717, 1.165) is 0 Å². The molecule has 5 rings (SSSR count). The summed E-state index contributed by atoms with van der Waals surface area (Å²) in [6, 6.07) is 16.7. The lowest BCUT2D eigenvalue weighted by molar-refractivity contribution is -0.220. The predicted molar refractivity (Wildman–Crippen MR) is 111 cm³/mol. The summed E-state index contributed by atoms with van der Waals surface area (Å²) in [5.41, 5.74) is 4.48. The summed E-state index contributed by atoms with van der Waals surface area (Å²) in [5, 5.41) is 9.37. The fraction of sp³-hybridized carbons (Fsp3) is 0.458. The lowest BCUT2D eigenvalue weighted by Crippen LogP contribution is -2.55. The van der Waals surface area contributed by atoms with Crippen molar-refractivity contribution >= 4 is 6.09 Å². The minimum absolute atomic E-state index is 0.0438. The quantitative estimate of drug-likeness (QED) is 0.843. The van der Waals surface area contributed by atoms with E-state index >= 15 is 0 Å². The van der Waals surface area contributed by atoms with Crippen LogP contribution in [0.25, 0.3) is 11.1 Å². The van der Waals surface area contributed by atoms with Crippen LogP contribution in [0.15, 0.2) is 48.5 Å². The van der Waals surface area contributed by atoms with Crippen LogP contribution in [0.2, 0.25) is 0 Å². The van der Waals surface area contributed by atoms with Gasteiger partial charge in [0.25, 0.3) is 0 Å². The smallest absolute Gasteiger partial charge is 0.409 e. The summed E-state index contributed by atoms with van der Waals surface area (Å²) in [6.07, 6.45) is 0.823. The first-order valence-electron chi connectivity index (χ1n) is 10.7. The molecule has 0 radical (unpaired) electrons. The van der Waals surface area contributed by atoms with Crippen LogP contribution in [-0.2, 0) is 14.2 Å². The highest BCUT2D eigenvalue weighted by Crippen LogP contribution is 2.44. The molecule has 0 bridgehead atoms. The highest BCUT2D eigenvalue weighted by atomic mass is 16.6. The van der Waals surface area contributed by atoms with Gasteiger partial charge in [0.15, 0.2) is 0 Å². The largest absolute Gasteiger partial charge is 0.448 e. The van der Waals surface area contributed by atoms with Crippen LogP contribution in [-0.4, -0.2) is 67.3 Å². The Morgan fingerprint density at radius 1 is 1.07 bits per heavy atom. The van der Waals surface area contributed by atoms with Crippen molar-refractivity contribution in [3.63, 3.8) is 0 Å². The molecule has 1 amide bonds. The van der Waals surface area contributed by atoms with E-state index in [-0.39, 0.29) is 24.7 Å². The van der Waals surface area contributed by atoms with Crippen LogP contribution in [0.4, 0.5) is 4.79 Å². The first-order valence-corrected chi connectivity index (χ1v) is 10.7. The van der Waals surface area contributed by atoms with Crippen LogP contribution < -0.4 is 0 Å². The Balaban J connectivity index is 1.21. The number of benzene rings is 2. The molecule has 0 saturated carbocycles. The maximum absolute atomic E-state index is 12.8. The maximum atomic E-state index is 12.8. The highest BCUT2D eigenvalue weighted by Gasteiger charge is 2.42. The number of nitrogens with zero attached hydrogens (tertiary/aromatic N) is 1. The molecule has 2 heterocycles. The van der Waals surface area contributed by atoms with Gasteiger partial charge in [0.05, 0.1) is 25.4 Å². The molecule has 30 heavy (non-hydrogen) atoms. The molecular formula is C24H27NO5. The number of carbonyl (C=O) groups excluding carboxylic acids is 1. The summed E-state index contributed by atoms with van der Waals surface area (Å²) in [7, 11) is 0. The molecular weight excluding hydrogens is 382 g/mol. The van der Waals surface area contributed by atoms with Crippen molar-refractivity contribution < 1.29 is 24.1 Å². The molecule has 6 heteroatoms. The highest BCUT2D eigenvalue weighted by molar-refractivity contribution is 5.79. The van der Waals surface area contributed by atoms with E-state index in [9.17, 15) is 9.90 Å². The number of likely N-dealkylation sites (tertiary alicyclic amines) is 1. The maximum Gasteiger partial charge on any atom is 0.409 e. The van der Waals surface area contributed by atoms with Crippen molar-refractivity contribution in [2.75, 3.05) is 39.5 Å². The molecule has 158 valence electrons. The lowest BCUT2D eigenvalue weighted by Gasteiger charge is -2.45. The van der Waals surface area contributed by atoms with Crippen LogP contribution in [0.3, 0.4) is 0 Å². The minimum atomic E-state index is -0.397. The Morgan fingerprint density at radius 2 is 1.70 bits per heavy atom. The van der Waals surface area contributed by atoms with Crippen molar-refractivity contribution in [3.8, 4) is 11.1 Å². The van der Waals surface area contributed by atoms with Gasteiger partial charge in [-0.3, -0.25) is 0 Å². The molecule has 2 saturated heterocycles. The number of ether oxygens (including phenoxy) is 3. The summed E-state index contributed by atoms with van der Waals surface area (Å²) < 4.78 is 17.5. The van der Waals surface area contributed by atoms with Crippen molar-refractivity contribution in [2.45, 2.75) is 30.5 Å². The van der Waals surface area contributed by atoms with E-state index in [1.54, 1.807) is 4.90 Å². The standard InChI is InChI=1S/C24H27NO5/c26-13-17-14-28-16-24(30-17)9-11-25(12-10-24)23(27)29-15-22-20-7-3-1-5-18(20)19-6-2-4-8-21(19)22/h1-8,17,22,26H,9-16H2. The second-order valence-electron chi connectivity index (χ2n) is 8.41. The van der Waals surface area contributed by atoms with Crippen molar-refractivity contribution in [1.29, 1.82) is 0 Å². The SMILES string of the molecule is O=C(OCC1c2ccccc2-c2ccccc21)N1CCC2(CC1)COCC(CO)O2. The van der Waals surface area contributed by atoms with E-state index < -0.39 is 5.60 Å². The number of carbonyl (C=O) groups is 1. The zero-order valence-corrected chi connectivity index (χ0v) is 17.0. The molecule has 2 aromatic rings. The third-order valence-electron chi connectivity index (χ3n) is 6.56. The third-order valence-corrected chi connectivity index (χ3v) is 6.56. The third kappa shape index (κ3) is 3.49. The number of fused-ring (bicyclic) bond motifs is 3. The minimum Gasteiger partial charge on any atom is -0.448 e. The summed E-state index contributed by atoms with van der Waals surface area (Å²) >= 11 is 0. The predicted octanol–water partition coefficient (Wildman–Crippen LogP) is 3.18. The Bertz CT molecular complexity index is 876. The average Bonchev–Trinajstić information content (AvgIpc) is 3.12. The van der Waals surface area contributed by atoms with Crippen LogP contribution in [0, 0.1) is 0 Å². The molecule has 2 aromatic carbocycles. The number of aliphatic hydroxyl groups excluding tert-OH is 1. The molecule has 1 atom stereocenters. The molecule has 2 aliphatic heterocycles. The van der Waals surface area contributed by atoms with Crippen molar-refractivity contribution in [2.24, 2.45) is 0 Å². The second kappa shape index (κ2) is 8.02. The van der Waals surface area contributed by atoms with Gasteiger partial charge in [0.1, 0.15) is 12.7 Å². The van der Waals surface area contributed by atoms with Gasteiger partial charge in [-0.2, -0.15) is 0 Å². The molecule has 2 fully saturated rings. The average molecular weight is 409 g/mol. The Morgan fingerprint density at radius 3 is 2.33 bits per heavy atom. The van der Waals surface area contributed by atoms with Gasteiger partial charge in [-0.1, -0.05) is 48.5 Å². The Hall–Kier alpha value is -2.41. The molecule has 1 unspecified atom stereocenters. The van der Waals surface area contributed by atoms with E-state index in [4.69, 9.17) is 14.2 Å². The Kier molecular flexibility index (Phi) is 5.23. The fourth-order valence-electron chi connectivity index (χ4n) is 4.93. The number of piperidine rings is 1. The van der Waals surface area contributed by atoms with Crippen molar-refractivity contribution in [1.82, 2.24) is 4.90 Å². The molecule has 1 spiro atoms. The van der Waals surface area contributed by atoms with Gasteiger partial charge in [0.2, 0.25) is 0 Å². The summed E-state index contributed by atoms with van der Waals surface area (Å²) in [6.45, 7) is 2.37. The first kappa shape index (κ1) is 19.5. The zero-order chi connectivity index (χ0) is 20.6. The van der Waals surface area contributed by atoms with E-state index in [1.807, 2.05) is 24.3 Å². The number of amides is 1.